The Morgan fingerprint density at radius 1 is 1.58 bits per heavy atom. The molecule has 1 rings (SSSR count). The van der Waals surface area contributed by atoms with E-state index >= 15 is 0 Å². The number of nitrogens with one attached hydrogen (secondary N) is 1. The summed E-state index contributed by atoms with van der Waals surface area (Å²) in [7, 11) is 0. The molecule has 2 N–H and O–H groups in total. The molecule has 4 heteroatoms. The van der Waals surface area contributed by atoms with Crippen LogP contribution in [0.5, 0.6) is 0 Å². The van der Waals surface area contributed by atoms with Crippen LogP contribution in [-0.2, 0) is 0 Å². The quantitative estimate of drug-likeness (QED) is 0.714. The topological polar surface area (TPSA) is 32.3 Å². The van der Waals surface area contributed by atoms with Crippen LogP contribution >= 0.6 is 23.5 Å². The van der Waals surface area contributed by atoms with Crippen LogP contribution in [-0.4, -0.2) is 46.8 Å². The van der Waals surface area contributed by atoms with Crippen LogP contribution in [0, 0.1) is 0 Å². The molecule has 0 amide bonds. The van der Waals surface area contributed by atoms with Crippen molar-refractivity contribution >= 4 is 23.5 Å². The first kappa shape index (κ1) is 10.7. The first-order valence-electron chi connectivity index (χ1n) is 4.37. The minimum atomic E-state index is -0.216. The summed E-state index contributed by atoms with van der Waals surface area (Å²) in [6.45, 7) is 3.58. The number of hydrogen-bond donors (Lipinski definition) is 2. The van der Waals surface area contributed by atoms with E-state index < -0.39 is 0 Å². The summed E-state index contributed by atoms with van der Waals surface area (Å²) in [6, 6.07) is 0. The zero-order chi connectivity index (χ0) is 8.81. The van der Waals surface area contributed by atoms with E-state index in [0.29, 0.717) is 0 Å². The summed E-state index contributed by atoms with van der Waals surface area (Å²) in [5.74, 6) is 3.85. The lowest BCUT2D eigenvalue weighted by Gasteiger charge is -2.21. The number of thioether (sulfide) groups is 2. The maximum absolute atomic E-state index is 9.01. The van der Waals surface area contributed by atoms with Crippen LogP contribution in [0.2, 0.25) is 0 Å². The van der Waals surface area contributed by atoms with Gasteiger partial charge in [0.15, 0.2) is 0 Å². The molecular formula is C8H17NOS2. The molecule has 0 aromatic carbocycles. The summed E-state index contributed by atoms with van der Waals surface area (Å²) in [4.78, 5) is 0. The molecule has 1 saturated heterocycles. The lowest BCUT2D eigenvalue weighted by atomic mass is 10.4. The van der Waals surface area contributed by atoms with Crippen molar-refractivity contribution in [2.24, 2.45) is 0 Å². The Bertz CT molecular complexity index is 116. The fraction of sp³-hybridized carbons (Fsp3) is 1.00. The Kier molecular flexibility index (Phi) is 5.47. The van der Waals surface area contributed by atoms with E-state index in [1.54, 1.807) is 0 Å². The van der Waals surface area contributed by atoms with Crippen LogP contribution in [0.4, 0.5) is 0 Å². The molecule has 12 heavy (non-hydrogen) atoms. The second-order valence-electron chi connectivity index (χ2n) is 3.07. The molecule has 0 saturated carbocycles. The van der Waals surface area contributed by atoms with Crippen molar-refractivity contribution in [3.63, 3.8) is 0 Å². The van der Waals surface area contributed by atoms with Crippen molar-refractivity contribution in [3.05, 3.63) is 0 Å². The first-order valence-corrected chi connectivity index (χ1v) is 6.57. The average molecular weight is 207 g/mol. The van der Waals surface area contributed by atoms with Crippen molar-refractivity contribution in [2.75, 3.05) is 30.3 Å². The third-order valence-electron chi connectivity index (χ3n) is 1.70. The third-order valence-corrected chi connectivity index (χ3v) is 4.54. The Morgan fingerprint density at radius 3 is 3.00 bits per heavy atom. The lowest BCUT2D eigenvalue weighted by molar-refractivity contribution is 0.192. The number of aliphatic hydroxyl groups excluding tert-OH is 1. The van der Waals surface area contributed by atoms with E-state index in [4.69, 9.17) is 5.11 Å². The van der Waals surface area contributed by atoms with Crippen LogP contribution in [0.3, 0.4) is 0 Å². The molecule has 0 aromatic heterocycles. The normalized spacial score (nSPS) is 27.0. The van der Waals surface area contributed by atoms with Crippen molar-refractivity contribution < 1.29 is 5.11 Å². The predicted molar refractivity (Wildman–Crippen MR) is 58.1 cm³/mol. The average Bonchev–Trinajstić information content (AvgIpc) is 2.05. The van der Waals surface area contributed by atoms with Crippen LogP contribution < -0.4 is 5.32 Å². The van der Waals surface area contributed by atoms with E-state index in [9.17, 15) is 0 Å². The van der Waals surface area contributed by atoms with Gasteiger partial charge in [0, 0.05) is 35.6 Å². The third kappa shape index (κ3) is 4.60. The first-order chi connectivity index (χ1) is 5.79. The second-order valence-corrected chi connectivity index (χ2v) is 5.63. The Labute approximate surface area is 82.9 Å². The molecule has 1 fully saturated rings. The van der Waals surface area contributed by atoms with Crippen LogP contribution in [0.25, 0.3) is 0 Å². The monoisotopic (exact) mass is 207 g/mol. The Hall–Kier alpha value is 0.620. The van der Waals surface area contributed by atoms with Gasteiger partial charge in [-0.3, -0.25) is 0 Å². The van der Waals surface area contributed by atoms with Crippen molar-refractivity contribution in [2.45, 2.75) is 18.3 Å². The van der Waals surface area contributed by atoms with Crippen molar-refractivity contribution in [3.8, 4) is 0 Å². The summed E-state index contributed by atoms with van der Waals surface area (Å²) >= 11 is 4.09. The predicted octanol–water partition coefficient (Wildman–Crippen LogP) is 0.805. The molecular weight excluding hydrogens is 190 g/mol. The van der Waals surface area contributed by atoms with Gasteiger partial charge in [-0.25, -0.2) is 0 Å². The van der Waals surface area contributed by atoms with Gasteiger partial charge in [-0.15, -0.1) is 0 Å². The minimum absolute atomic E-state index is 0.216. The highest BCUT2D eigenvalue weighted by atomic mass is 32.2. The van der Waals surface area contributed by atoms with Gasteiger partial charge in [-0.2, -0.15) is 23.5 Å². The summed E-state index contributed by atoms with van der Waals surface area (Å²) in [6.07, 6.45) is -0.216. The Morgan fingerprint density at radius 2 is 2.42 bits per heavy atom. The molecule has 2 unspecified atom stereocenters. The molecule has 1 aliphatic heterocycles. The van der Waals surface area contributed by atoms with Gasteiger partial charge in [0.25, 0.3) is 0 Å². The van der Waals surface area contributed by atoms with Gasteiger partial charge >= 0.3 is 0 Å². The van der Waals surface area contributed by atoms with E-state index in [-0.39, 0.29) is 6.10 Å². The highest BCUT2D eigenvalue weighted by molar-refractivity contribution is 8.06. The molecule has 1 aliphatic rings. The minimum Gasteiger partial charge on any atom is -0.392 e. The van der Waals surface area contributed by atoms with Crippen LogP contribution in [0.1, 0.15) is 6.92 Å². The van der Waals surface area contributed by atoms with Crippen molar-refractivity contribution in [1.82, 2.24) is 5.32 Å². The second kappa shape index (κ2) is 6.13. The van der Waals surface area contributed by atoms with Gasteiger partial charge in [0.2, 0.25) is 0 Å². The van der Waals surface area contributed by atoms with Gasteiger partial charge < -0.3 is 10.4 Å². The van der Waals surface area contributed by atoms with Crippen molar-refractivity contribution in [1.29, 1.82) is 0 Å². The molecule has 0 aromatic rings. The lowest BCUT2D eigenvalue weighted by Crippen LogP contribution is -2.33. The highest BCUT2D eigenvalue weighted by Crippen LogP contribution is 2.23. The smallest absolute Gasteiger partial charge is 0.0636 e. The summed E-state index contributed by atoms with van der Waals surface area (Å²) < 4.78 is 0. The molecule has 2 nitrogen and oxygen atoms in total. The maximum Gasteiger partial charge on any atom is 0.0636 e. The standard InChI is InChI=1S/C8H17NOS2/c1-7(10)4-9-5-8-6-11-2-3-12-8/h7-10H,2-6H2,1H3. The van der Waals surface area contributed by atoms with E-state index in [0.717, 1.165) is 18.3 Å². The van der Waals surface area contributed by atoms with Crippen LogP contribution in [0.15, 0.2) is 0 Å². The molecule has 0 spiro atoms. The molecule has 1 heterocycles. The maximum atomic E-state index is 9.01. The molecule has 0 aliphatic carbocycles. The Balaban J connectivity index is 1.98. The zero-order valence-corrected chi connectivity index (χ0v) is 9.09. The van der Waals surface area contributed by atoms with E-state index in [1.807, 2.05) is 30.4 Å². The molecule has 0 bridgehead atoms. The van der Waals surface area contributed by atoms with Gasteiger partial charge in [0.05, 0.1) is 6.10 Å². The SMILES string of the molecule is CC(O)CNCC1CSCCS1. The van der Waals surface area contributed by atoms with Gasteiger partial charge in [0.1, 0.15) is 0 Å². The number of rotatable bonds is 4. The number of hydrogen-bond acceptors (Lipinski definition) is 4. The van der Waals surface area contributed by atoms with E-state index in [1.165, 1.54) is 17.3 Å². The molecule has 2 atom stereocenters. The van der Waals surface area contributed by atoms with E-state index in [2.05, 4.69) is 5.32 Å². The highest BCUT2D eigenvalue weighted by Gasteiger charge is 2.13. The van der Waals surface area contributed by atoms with Gasteiger partial charge in [-0.05, 0) is 6.92 Å². The fourth-order valence-electron chi connectivity index (χ4n) is 1.11. The zero-order valence-electron chi connectivity index (χ0n) is 7.45. The fourth-order valence-corrected chi connectivity index (χ4v) is 3.75. The summed E-state index contributed by atoms with van der Waals surface area (Å²) in [5.41, 5.74) is 0. The molecule has 72 valence electrons. The molecule has 0 radical (unpaired) electrons. The summed E-state index contributed by atoms with van der Waals surface area (Å²) in [5, 5.41) is 13.0. The number of aliphatic hydroxyl groups is 1. The van der Waals surface area contributed by atoms with Gasteiger partial charge in [-0.1, -0.05) is 0 Å². The largest absolute Gasteiger partial charge is 0.392 e.